The van der Waals surface area contributed by atoms with E-state index in [0.717, 1.165) is 5.69 Å². The summed E-state index contributed by atoms with van der Waals surface area (Å²) in [5.74, 6) is 0. The van der Waals surface area contributed by atoms with Crippen molar-refractivity contribution in [1.29, 1.82) is 0 Å². The Hall–Kier alpha value is -0.791. The molecule has 2 unspecified atom stereocenters. The van der Waals surface area contributed by atoms with Crippen LogP contribution in [0.15, 0.2) is 29.6 Å². The van der Waals surface area contributed by atoms with E-state index < -0.39 is 0 Å². The van der Waals surface area contributed by atoms with Crippen molar-refractivity contribution >= 4 is 5.69 Å². The third-order valence-corrected chi connectivity index (χ3v) is 7.96. The molecule has 0 saturated heterocycles. The van der Waals surface area contributed by atoms with E-state index in [4.69, 9.17) is 0 Å². The van der Waals surface area contributed by atoms with Crippen molar-refractivity contribution in [2.24, 2.45) is 16.2 Å². The molecule has 1 fully saturated rings. The van der Waals surface area contributed by atoms with Crippen LogP contribution in [0.3, 0.4) is 0 Å². The molecule has 3 aliphatic rings. The minimum absolute atomic E-state index is 0. The first-order valence-electron chi connectivity index (χ1n) is 9.58. The molecule has 0 aromatic heterocycles. The number of benzene rings is 1. The minimum Gasteiger partial charge on any atom is -0.507 e. The maximum Gasteiger partial charge on any atom is 0.0130 e. The molecular formula is C23H32IrN2-2. The van der Waals surface area contributed by atoms with Gasteiger partial charge in [-0.15, -0.1) is 11.8 Å². The van der Waals surface area contributed by atoms with Gasteiger partial charge in [0.2, 0.25) is 0 Å². The van der Waals surface area contributed by atoms with Crippen LogP contribution in [-0.4, -0.2) is 11.9 Å². The van der Waals surface area contributed by atoms with Crippen LogP contribution in [0.5, 0.6) is 0 Å². The first-order chi connectivity index (χ1) is 11.4. The molecule has 0 amide bonds. The zero-order valence-electron chi connectivity index (χ0n) is 17.5. The maximum atomic E-state index is 3.57. The van der Waals surface area contributed by atoms with Gasteiger partial charge in [0.05, 0.1) is 0 Å². The van der Waals surface area contributed by atoms with Gasteiger partial charge >= 0.3 is 0 Å². The van der Waals surface area contributed by atoms with E-state index in [2.05, 4.69) is 96.2 Å². The number of allylic oxidation sites excluding steroid dienone is 2. The Balaban J connectivity index is 0.00000196. The summed E-state index contributed by atoms with van der Waals surface area (Å²) in [5.41, 5.74) is 6.45. The van der Waals surface area contributed by atoms with Crippen LogP contribution in [0.2, 0.25) is 0 Å². The van der Waals surface area contributed by atoms with Gasteiger partial charge in [-0.1, -0.05) is 53.9 Å². The van der Waals surface area contributed by atoms with Crippen LogP contribution in [0.25, 0.3) is 0 Å². The molecule has 0 N–H and O–H groups in total. The van der Waals surface area contributed by atoms with Crippen molar-refractivity contribution in [2.75, 3.05) is 11.9 Å². The Morgan fingerprint density at radius 3 is 2.08 bits per heavy atom. The van der Waals surface area contributed by atoms with Crippen molar-refractivity contribution in [3.8, 4) is 0 Å². The SMILES string of the molecule is CN1[CH-]N(c2[c-]cc(C(C)(C)C)cc2)C2=C1C1(C)CCC2(C)C1(C)C.[Ir]. The molecule has 26 heavy (non-hydrogen) atoms. The van der Waals surface area contributed by atoms with Gasteiger partial charge in [0.1, 0.15) is 0 Å². The minimum atomic E-state index is 0. The summed E-state index contributed by atoms with van der Waals surface area (Å²) in [5, 5.41) is 0. The van der Waals surface area contributed by atoms with Crippen molar-refractivity contribution in [3.05, 3.63) is 47.9 Å². The standard InChI is InChI=1S/C23H32N2.Ir/c1-20(2,3)16-9-11-17(12-10-16)25-15-24(8)18-19(25)23(7)14-13-22(18,6)21(23,4)5;/h9-11,15H,13-14H2,1-8H3;/q-2;. The van der Waals surface area contributed by atoms with Gasteiger partial charge in [-0.05, 0) is 25.3 Å². The molecular weight excluding hydrogens is 496 g/mol. The smallest absolute Gasteiger partial charge is 0.0130 e. The van der Waals surface area contributed by atoms with Gasteiger partial charge in [-0.25, -0.2) is 0 Å². The van der Waals surface area contributed by atoms with Crippen LogP contribution in [-0.2, 0) is 25.5 Å². The summed E-state index contributed by atoms with van der Waals surface area (Å²) in [6.45, 7) is 18.9. The molecule has 1 aliphatic heterocycles. The molecule has 4 rings (SSSR count). The molecule has 1 aromatic rings. The fraction of sp³-hybridized carbons (Fsp3) is 0.609. The average molecular weight is 529 g/mol. The summed E-state index contributed by atoms with van der Waals surface area (Å²) in [6.07, 6.45) is 2.56. The van der Waals surface area contributed by atoms with Gasteiger partial charge in [-0.3, -0.25) is 0 Å². The quantitative estimate of drug-likeness (QED) is 0.431. The normalized spacial score (nSPS) is 32.2. The van der Waals surface area contributed by atoms with E-state index in [1.54, 1.807) is 0 Å². The van der Waals surface area contributed by atoms with E-state index in [1.165, 1.54) is 29.8 Å². The number of hydrogen-bond donors (Lipinski definition) is 0. The van der Waals surface area contributed by atoms with Crippen molar-refractivity contribution in [3.63, 3.8) is 0 Å². The molecule has 3 heteroatoms. The Labute approximate surface area is 173 Å². The Morgan fingerprint density at radius 1 is 1.00 bits per heavy atom. The van der Waals surface area contributed by atoms with Crippen LogP contribution in [0, 0.1) is 29.0 Å². The number of hydrogen-bond acceptors (Lipinski definition) is 2. The van der Waals surface area contributed by atoms with Gasteiger partial charge in [-0.2, -0.15) is 30.4 Å². The van der Waals surface area contributed by atoms with Crippen LogP contribution >= 0.6 is 0 Å². The molecule has 2 aliphatic carbocycles. The van der Waals surface area contributed by atoms with Crippen LogP contribution in [0.1, 0.15) is 66.9 Å². The third-order valence-electron chi connectivity index (χ3n) is 7.96. The van der Waals surface area contributed by atoms with E-state index in [-0.39, 0.29) is 41.8 Å². The maximum absolute atomic E-state index is 3.57. The Bertz CT molecular complexity index is 755. The largest absolute Gasteiger partial charge is 0.507 e. The number of rotatable bonds is 1. The van der Waals surface area contributed by atoms with Crippen molar-refractivity contribution in [1.82, 2.24) is 4.90 Å². The molecule has 1 saturated carbocycles. The molecule has 2 bridgehead atoms. The van der Waals surface area contributed by atoms with Gasteiger partial charge in [0.25, 0.3) is 0 Å². The Kier molecular flexibility index (Phi) is 4.31. The van der Waals surface area contributed by atoms with Gasteiger partial charge < -0.3 is 9.80 Å². The fourth-order valence-electron chi connectivity index (χ4n) is 5.53. The molecule has 2 nitrogen and oxygen atoms in total. The zero-order valence-corrected chi connectivity index (χ0v) is 19.8. The second-order valence-electron chi connectivity index (χ2n) is 10.3. The van der Waals surface area contributed by atoms with E-state index >= 15 is 0 Å². The fourth-order valence-corrected chi connectivity index (χ4v) is 5.53. The second-order valence-corrected chi connectivity index (χ2v) is 10.3. The van der Waals surface area contributed by atoms with Gasteiger partial charge in [0.15, 0.2) is 0 Å². The van der Waals surface area contributed by atoms with E-state index in [1.807, 2.05) is 0 Å². The first kappa shape index (κ1) is 20.0. The molecule has 1 radical (unpaired) electrons. The third kappa shape index (κ3) is 2.20. The monoisotopic (exact) mass is 529 g/mol. The summed E-state index contributed by atoms with van der Waals surface area (Å²) in [4.78, 5) is 4.78. The number of anilines is 1. The molecule has 2 atom stereocenters. The average Bonchev–Trinajstić information content (AvgIpc) is 3.01. The van der Waals surface area contributed by atoms with Gasteiger partial charge in [0, 0.05) is 42.3 Å². The topological polar surface area (TPSA) is 6.48 Å². The van der Waals surface area contributed by atoms with E-state index in [0.29, 0.717) is 0 Å². The molecule has 1 aromatic carbocycles. The predicted octanol–water partition coefficient (Wildman–Crippen LogP) is 5.71. The molecule has 1 heterocycles. The summed E-state index contributed by atoms with van der Waals surface area (Å²) < 4.78 is 0. The number of fused-ring (bicyclic) bond motifs is 4. The van der Waals surface area contributed by atoms with Crippen LogP contribution < -0.4 is 4.90 Å². The van der Waals surface area contributed by atoms with Crippen molar-refractivity contribution < 1.29 is 20.1 Å². The molecule has 145 valence electrons. The van der Waals surface area contributed by atoms with E-state index in [9.17, 15) is 0 Å². The summed E-state index contributed by atoms with van der Waals surface area (Å²) in [7, 11) is 2.21. The summed E-state index contributed by atoms with van der Waals surface area (Å²) >= 11 is 0. The summed E-state index contributed by atoms with van der Waals surface area (Å²) in [6, 6.07) is 10.2. The first-order valence-corrected chi connectivity index (χ1v) is 9.58. The van der Waals surface area contributed by atoms with Crippen molar-refractivity contribution in [2.45, 2.75) is 66.7 Å². The second kappa shape index (κ2) is 5.61. The number of nitrogens with zero attached hydrogens (tertiary/aromatic N) is 2. The predicted molar refractivity (Wildman–Crippen MR) is 105 cm³/mol. The molecule has 0 spiro atoms. The van der Waals surface area contributed by atoms with Crippen LogP contribution in [0.4, 0.5) is 5.69 Å². The zero-order chi connectivity index (χ0) is 18.4. The Morgan fingerprint density at radius 2 is 1.58 bits per heavy atom.